The van der Waals surface area contributed by atoms with E-state index in [0.717, 1.165) is 0 Å². The summed E-state index contributed by atoms with van der Waals surface area (Å²) >= 11 is 17.4. The van der Waals surface area contributed by atoms with E-state index in [1.807, 2.05) is 6.92 Å². The van der Waals surface area contributed by atoms with Crippen LogP contribution >= 0.6 is 34.8 Å². The summed E-state index contributed by atoms with van der Waals surface area (Å²) < 4.78 is 5.43. The molecule has 72 valence electrons. The topological polar surface area (TPSA) is 9.23 Å². The van der Waals surface area contributed by atoms with E-state index in [4.69, 9.17) is 39.5 Å². The van der Waals surface area contributed by atoms with E-state index in [-0.39, 0.29) is 6.10 Å². The molecule has 0 aliphatic rings. The van der Waals surface area contributed by atoms with Crippen LogP contribution in [0.15, 0.2) is 18.2 Å². The number of hydrogen-bond donors (Lipinski definition) is 0. The van der Waals surface area contributed by atoms with Crippen molar-refractivity contribution in [3.63, 3.8) is 0 Å². The molecule has 1 nitrogen and oxygen atoms in total. The Labute approximate surface area is 92.5 Å². The summed E-state index contributed by atoms with van der Waals surface area (Å²) in [6.45, 7) is 1.85. The lowest BCUT2D eigenvalue weighted by atomic mass is 10.3. The van der Waals surface area contributed by atoms with E-state index in [0.29, 0.717) is 21.7 Å². The third kappa shape index (κ3) is 2.94. The van der Waals surface area contributed by atoms with Crippen LogP contribution in [0.3, 0.4) is 0 Å². The molecule has 0 spiro atoms. The maximum absolute atomic E-state index is 5.88. The zero-order valence-corrected chi connectivity index (χ0v) is 9.33. The van der Waals surface area contributed by atoms with Crippen LogP contribution in [-0.4, -0.2) is 12.0 Å². The van der Waals surface area contributed by atoms with Crippen LogP contribution in [0.25, 0.3) is 0 Å². The summed E-state index contributed by atoms with van der Waals surface area (Å²) in [7, 11) is 0. The fourth-order valence-electron chi connectivity index (χ4n) is 0.828. The average Bonchev–Trinajstić information content (AvgIpc) is 2.11. The van der Waals surface area contributed by atoms with E-state index in [2.05, 4.69) is 0 Å². The molecule has 0 fully saturated rings. The molecule has 0 saturated heterocycles. The van der Waals surface area contributed by atoms with Gasteiger partial charge in [-0.2, -0.15) is 0 Å². The lowest BCUT2D eigenvalue weighted by Crippen LogP contribution is -2.13. The van der Waals surface area contributed by atoms with Crippen LogP contribution in [0, 0.1) is 0 Å². The molecule has 0 N–H and O–H groups in total. The highest BCUT2D eigenvalue weighted by molar-refractivity contribution is 6.37. The zero-order valence-electron chi connectivity index (χ0n) is 7.06. The van der Waals surface area contributed by atoms with Crippen LogP contribution in [0.5, 0.6) is 5.75 Å². The fraction of sp³-hybridized carbons (Fsp3) is 0.333. The molecular formula is C9H9Cl3O. The first-order valence-corrected chi connectivity index (χ1v) is 5.11. The number of alkyl halides is 1. The predicted octanol–water partition coefficient (Wildman–Crippen LogP) is 4.00. The van der Waals surface area contributed by atoms with Crippen molar-refractivity contribution in [2.45, 2.75) is 13.0 Å². The van der Waals surface area contributed by atoms with Crippen LogP contribution in [0.4, 0.5) is 0 Å². The van der Waals surface area contributed by atoms with Crippen molar-refractivity contribution in [1.29, 1.82) is 0 Å². The molecule has 0 bridgehead atoms. The Morgan fingerprint density at radius 3 is 2.31 bits per heavy atom. The van der Waals surface area contributed by atoms with E-state index in [1.165, 1.54) is 0 Å². The number of hydrogen-bond acceptors (Lipinski definition) is 1. The minimum absolute atomic E-state index is 0.0981. The monoisotopic (exact) mass is 238 g/mol. The zero-order chi connectivity index (χ0) is 9.84. The van der Waals surface area contributed by atoms with Crippen molar-refractivity contribution < 1.29 is 4.74 Å². The Hall–Kier alpha value is -0.110. The first kappa shape index (κ1) is 11.0. The van der Waals surface area contributed by atoms with Crippen molar-refractivity contribution in [2.75, 3.05) is 5.88 Å². The van der Waals surface area contributed by atoms with Crippen molar-refractivity contribution in [1.82, 2.24) is 0 Å². The highest BCUT2D eigenvalue weighted by Gasteiger charge is 2.09. The third-order valence-corrected chi connectivity index (χ3v) is 2.49. The molecule has 1 aromatic rings. The number of benzene rings is 1. The van der Waals surface area contributed by atoms with Gasteiger partial charge in [-0.15, -0.1) is 11.6 Å². The second-order valence-electron chi connectivity index (χ2n) is 2.63. The fourth-order valence-corrected chi connectivity index (χ4v) is 1.38. The van der Waals surface area contributed by atoms with Gasteiger partial charge in [0.05, 0.1) is 15.9 Å². The second-order valence-corrected chi connectivity index (χ2v) is 3.76. The molecule has 1 rings (SSSR count). The molecule has 0 aliphatic heterocycles. The van der Waals surface area contributed by atoms with Gasteiger partial charge in [0, 0.05) is 0 Å². The summed E-state index contributed by atoms with van der Waals surface area (Å²) in [4.78, 5) is 0. The quantitative estimate of drug-likeness (QED) is 0.725. The Balaban J connectivity index is 2.87. The summed E-state index contributed by atoms with van der Waals surface area (Å²) in [5, 5.41) is 1.01. The minimum atomic E-state index is -0.0981. The van der Waals surface area contributed by atoms with E-state index >= 15 is 0 Å². The summed E-state index contributed by atoms with van der Waals surface area (Å²) in [6, 6.07) is 5.22. The Morgan fingerprint density at radius 2 is 1.85 bits per heavy atom. The Morgan fingerprint density at radius 1 is 1.31 bits per heavy atom. The molecule has 0 aromatic heterocycles. The SMILES string of the molecule is CC(CCl)Oc1c(Cl)cccc1Cl. The Bertz CT molecular complexity index is 268. The molecule has 1 aromatic carbocycles. The summed E-state index contributed by atoms with van der Waals surface area (Å²) in [5.41, 5.74) is 0. The average molecular weight is 240 g/mol. The molecule has 0 saturated carbocycles. The first-order valence-electron chi connectivity index (χ1n) is 3.81. The normalized spacial score (nSPS) is 12.6. The van der Waals surface area contributed by atoms with Gasteiger partial charge in [-0.25, -0.2) is 0 Å². The lowest BCUT2D eigenvalue weighted by Gasteiger charge is -2.13. The van der Waals surface area contributed by atoms with Gasteiger partial charge in [-0.05, 0) is 19.1 Å². The number of rotatable bonds is 3. The van der Waals surface area contributed by atoms with Gasteiger partial charge in [-0.3, -0.25) is 0 Å². The molecule has 1 unspecified atom stereocenters. The number of halogens is 3. The second kappa shape index (κ2) is 4.94. The number of para-hydroxylation sites is 1. The molecule has 4 heteroatoms. The largest absolute Gasteiger partial charge is 0.486 e. The van der Waals surface area contributed by atoms with Gasteiger partial charge in [0.2, 0.25) is 0 Å². The Kier molecular flexibility index (Phi) is 4.17. The van der Waals surface area contributed by atoms with Crippen LogP contribution in [0.2, 0.25) is 10.0 Å². The van der Waals surface area contributed by atoms with Gasteiger partial charge in [-0.1, -0.05) is 29.3 Å². The molecule has 13 heavy (non-hydrogen) atoms. The van der Waals surface area contributed by atoms with E-state index in [9.17, 15) is 0 Å². The van der Waals surface area contributed by atoms with Gasteiger partial charge >= 0.3 is 0 Å². The minimum Gasteiger partial charge on any atom is -0.486 e. The smallest absolute Gasteiger partial charge is 0.156 e. The van der Waals surface area contributed by atoms with Gasteiger partial charge < -0.3 is 4.74 Å². The molecule has 0 amide bonds. The van der Waals surface area contributed by atoms with Crippen LogP contribution in [0.1, 0.15) is 6.92 Å². The van der Waals surface area contributed by atoms with Gasteiger partial charge in [0.1, 0.15) is 6.10 Å². The first-order chi connectivity index (χ1) is 6.15. The standard InChI is InChI=1S/C9H9Cl3O/c1-6(5-10)13-9-7(11)3-2-4-8(9)12/h2-4,6H,5H2,1H3. The van der Waals surface area contributed by atoms with Crippen molar-refractivity contribution in [2.24, 2.45) is 0 Å². The maximum Gasteiger partial charge on any atom is 0.156 e. The van der Waals surface area contributed by atoms with Crippen molar-refractivity contribution in [3.05, 3.63) is 28.2 Å². The van der Waals surface area contributed by atoms with Gasteiger partial charge in [0.25, 0.3) is 0 Å². The molecule has 0 heterocycles. The predicted molar refractivity (Wildman–Crippen MR) is 57.3 cm³/mol. The number of ether oxygens (including phenoxy) is 1. The van der Waals surface area contributed by atoms with E-state index in [1.54, 1.807) is 18.2 Å². The maximum atomic E-state index is 5.88. The van der Waals surface area contributed by atoms with Crippen molar-refractivity contribution >= 4 is 34.8 Å². The highest BCUT2D eigenvalue weighted by atomic mass is 35.5. The van der Waals surface area contributed by atoms with Crippen LogP contribution in [-0.2, 0) is 0 Å². The highest BCUT2D eigenvalue weighted by Crippen LogP contribution is 2.33. The molecular weight excluding hydrogens is 230 g/mol. The summed E-state index contributed by atoms with van der Waals surface area (Å²) in [5.74, 6) is 0.903. The third-order valence-electron chi connectivity index (χ3n) is 1.46. The molecule has 1 atom stereocenters. The lowest BCUT2D eigenvalue weighted by molar-refractivity contribution is 0.246. The molecule has 0 radical (unpaired) electrons. The van der Waals surface area contributed by atoms with Crippen molar-refractivity contribution in [3.8, 4) is 5.75 Å². The molecule has 0 aliphatic carbocycles. The van der Waals surface area contributed by atoms with Crippen LogP contribution < -0.4 is 4.74 Å². The summed E-state index contributed by atoms with van der Waals surface area (Å²) in [6.07, 6.45) is -0.0981. The van der Waals surface area contributed by atoms with Gasteiger partial charge in [0.15, 0.2) is 5.75 Å². The van der Waals surface area contributed by atoms with E-state index < -0.39 is 0 Å².